The Balaban J connectivity index is 0.000000853. The highest BCUT2D eigenvalue weighted by molar-refractivity contribution is 5.85. The fourth-order valence-corrected chi connectivity index (χ4v) is 1.68. The van der Waals surface area contributed by atoms with Crippen molar-refractivity contribution in [1.29, 1.82) is 0 Å². The van der Waals surface area contributed by atoms with Crippen molar-refractivity contribution in [1.82, 2.24) is 5.32 Å². The van der Waals surface area contributed by atoms with Crippen LogP contribution in [-0.4, -0.2) is 0 Å². The predicted molar refractivity (Wildman–Crippen MR) is 63.9 cm³/mol. The molecule has 2 heterocycles. The lowest BCUT2D eigenvalue weighted by Gasteiger charge is -1.86. The van der Waals surface area contributed by atoms with Crippen LogP contribution in [0.4, 0.5) is 0 Å². The summed E-state index contributed by atoms with van der Waals surface area (Å²) in [4.78, 5) is 0. The molecule has 0 saturated heterocycles. The quantitative estimate of drug-likeness (QED) is 0.727. The second-order valence-electron chi connectivity index (χ2n) is 3.21. The number of benzene rings is 1. The zero-order valence-corrected chi connectivity index (χ0v) is 8.75. The molecule has 3 rings (SSSR count). The molecule has 0 aliphatic carbocycles. The van der Waals surface area contributed by atoms with Gasteiger partial charge in [0.2, 0.25) is 0 Å². The van der Waals surface area contributed by atoms with E-state index in [1.807, 2.05) is 42.8 Å². The van der Waals surface area contributed by atoms with Crippen molar-refractivity contribution in [3.63, 3.8) is 0 Å². The van der Waals surface area contributed by atoms with Gasteiger partial charge in [0.15, 0.2) is 0 Å². The molecule has 0 fully saturated rings. The van der Waals surface area contributed by atoms with Gasteiger partial charge in [-0.05, 0) is 18.2 Å². The third kappa shape index (κ3) is 1.53. The number of hydrogen-bond donors (Lipinski definition) is 1. The van der Waals surface area contributed by atoms with E-state index >= 15 is 0 Å². The molecule has 0 bridgehead atoms. The molecule has 1 aliphatic rings. The third-order valence-electron chi connectivity index (χ3n) is 2.33. The smallest absolute Gasteiger partial charge is 0.136 e. The van der Waals surface area contributed by atoms with Gasteiger partial charge in [-0.25, -0.2) is 0 Å². The maximum Gasteiger partial charge on any atom is 0.136 e. The molecule has 2 nitrogen and oxygen atoms in total. The molecule has 0 amide bonds. The first-order valence-electron chi connectivity index (χ1n) is 4.56. The average molecular weight is 220 g/mol. The summed E-state index contributed by atoms with van der Waals surface area (Å²) < 4.78 is 5.69. The van der Waals surface area contributed by atoms with Gasteiger partial charge in [-0.3, -0.25) is 0 Å². The van der Waals surface area contributed by atoms with E-state index in [9.17, 15) is 0 Å². The van der Waals surface area contributed by atoms with Crippen LogP contribution in [0.25, 0.3) is 23.2 Å². The molecule has 2 aromatic rings. The molecule has 15 heavy (non-hydrogen) atoms. The standard InChI is InChI=1S/C12H9NO.ClH/c1-2-5-11-9(4-1)10-8-13-7-3-6-12(10)14-11;/h1-8,13H;1H. The summed E-state index contributed by atoms with van der Waals surface area (Å²) >= 11 is 0. The number of halogens is 1. The zero-order valence-electron chi connectivity index (χ0n) is 7.94. The van der Waals surface area contributed by atoms with Crippen LogP contribution in [0.1, 0.15) is 0 Å². The van der Waals surface area contributed by atoms with Crippen LogP contribution in [0.5, 0.6) is 0 Å². The highest BCUT2D eigenvalue weighted by atomic mass is 35.5. The summed E-state index contributed by atoms with van der Waals surface area (Å²) in [7, 11) is 0. The normalized spacial score (nSPS) is 12.8. The summed E-state index contributed by atoms with van der Waals surface area (Å²) in [6.45, 7) is 0. The van der Waals surface area contributed by atoms with E-state index in [-0.39, 0.29) is 12.4 Å². The van der Waals surface area contributed by atoms with Gasteiger partial charge in [-0.15, -0.1) is 12.4 Å². The molecule has 0 spiro atoms. The van der Waals surface area contributed by atoms with Gasteiger partial charge in [0, 0.05) is 23.0 Å². The van der Waals surface area contributed by atoms with Gasteiger partial charge in [0.1, 0.15) is 11.0 Å². The third-order valence-corrected chi connectivity index (χ3v) is 2.33. The van der Waals surface area contributed by atoms with Crippen molar-refractivity contribution in [2.75, 3.05) is 0 Å². The van der Waals surface area contributed by atoms with Crippen LogP contribution >= 0.6 is 12.4 Å². The maximum atomic E-state index is 5.69. The molecule has 76 valence electrons. The van der Waals surface area contributed by atoms with Crippen molar-refractivity contribution in [3.8, 4) is 0 Å². The number of nitrogens with one attached hydrogen (secondary N) is 1. The van der Waals surface area contributed by atoms with E-state index in [2.05, 4.69) is 11.4 Å². The van der Waals surface area contributed by atoms with Gasteiger partial charge in [-0.1, -0.05) is 18.2 Å². The van der Waals surface area contributed by atoms with Gasteiger partial charge in [0.25, 0.3) is 0 Å². The van der Waals surface area contributed by atoms with E-state index in [0.29, 0.717) is 0 Å². The largest absolute Gasteiger partial charge is 0.456 e. The first-order chi connectivity index (χ1) is 6.95. The second kappa shape index (κ2) is 3.83. The Hall–Kier alpha value is -1.67. The molecule has 1 aromatic heterocycles. The summed E-state index contributed by atoms with van der Waals surface area (Å²) in [5.41, 5.74) is 1.84. The number of hydrogen-bond acceptors (Lipinski definition) is 2. The van der Waals surface area contributed by atoms with Crippen molar-refractivity contribution >= 4 is 35.7 Å². The van der Waals surface area contributed by atoms with Crippen LogP contribution in [0.2, 0.25) is 0 Å². The fourth-order valence-electron chi connectivity index (χ4n) is 1.68. The predicted octanol–water partition coefficient (Wildman–Crippen LogP) is 1.49. The first kappa shape index (κ1) is 9.87. The number of allylic oxidation sites excluding steroid dienone is 1. The van der Waals surface area contributed by atoms with E-state index in [1.54, 1.807) is 0 Å². The van der Waals surface area contributed by atoms with Gasteiger partial charge < -0.3 is 9.73 Å². The Labute approximate surface area is 93.0 Å². The SMILES string of the molecule is C1=CNC=c2c(oc3ccccc23)=C1.Cl. The highest BCUT2D eigenvalue weighted by Crippen LogP contribution is 2.06. The number of rotatable bonds is 0. The summed E-state index contributed by atoms with van der Waals surface area (Å²) in [6, 6.07) is 8.04. The Bertz CT molecular complexity index is 625. The van der Waals surface area contributed by atoms with Crippen LogP contribution in [-0.2, 0) is 0 Å². The molecule has 3 heteroatoms. The average Bonchev–Trinajstić information content (AvgIpc) is 2.42. The van der Waals surface area contributed by atoms with Crippen LogP contribution in [0.15, 0.2) is 41.0 Å². The lowest BCUT2D eigenvalue weighted by molar-refractivity contribution is 0.576. The lowest BCUT2D eigenvalue weighted by Crippen LogP contribution is -2.20. The molecule has 1 aromatic carbocycles. The fraction of sp³-hybridized carbons (Fsp3) is 0. The monoisotopic (exact) mass is 219 g/mol. The Morgan fingerprint density at radius 2 is 2.00 bits per heavy atom. The molecule has 0 unspecified atom stereocenters. The van der Waals surface area contributed by atoms with Crippen molar-refractivity contribution in [2.24, 2.45) is 0 Å². The first-order valence-corrected chi connectivity index (χ1v) is 4.56. The summed E-state index contributed by atoms with van der Waals surface area (Å²) in [5.74, 6) is 0. The molecule has 0 radical (unpaired) electrons. The van der Waals surface area contributed by atoms with E-state index in [4.69, 9.17) is 4.42 Å². The Kier molecular flexibility index (Phi) is 2.52. The van der Waals surface area contributed by atoms with Gasteiger partial charge >= 0.3 is 0 Å². The molecule has 1 N–H and O–H groups in total. The highest BCUT2D eigenvalue weighted by Gasteiger charge is 2.01. The van der Waals surface area contributed by atoms with E-state index in [1.165, 1.54) is 0 Å². The Morgan fingerprint density at radius 1 is 1.13 bits per heavy atom. The lowest BCUT2D eigenvalue weighted by atomic mass is 10.2. The minimum atomic E-state index is 0. The van der Waals surface area contributed by atoms with Crippen molar-refractivity contribution < 1.29 is 4.42 Å². The Morgan fingerprint density at radius 3 is 2.93 bits per heavy atom. The summed E-state index contributed by atoms with van der Waals surface area (Å²) in [5, 5.41) is 5.35. The minimum Gasteiger partial charge on any atom is -0.456 e. The van der Waals surface area contributed by atoms with Crippen LogP contribution in [0, 0.1) is 0 Å². The molecule has 0 atom stereocenters. The van der Waals surface area contributed by atoms with Gasteiger partial charge in [-0.2, -0.15) is 0 Å². The molecule has 1 aliphatic heterocycles. The van der Waals surface area contributed by atoms with Crippen LogP contribution in [0.3, 0.4) is 0 Å². The van der Waals surface area contributed by atoms with Gasteiger partial charge in [0.05, 0.1) is 0 Å². The number of fused-ring (bicyclic) bond motifs is 3. The molecular formula is C12H10ClNO. The van der Waals surface area contributed by atoms with E-state index < -0.39 is 0 Å². The van der Waals surface area contributed by atoms with Crippen LogP contribution < -0.4 is 16.0 Å². The second-order valence-corrected chi connectivity index (χ2v) is 3.21. The van der Waals surface area contributed by atoms with Crippen molar-refractivity contribution in [2.45, 2.75) is 0 Å². The molecule has 0 saturated carbocycles. The van der Waals surface area contributed by atoms with E-state index in [0.717, 1.165) is 21.6 Å². The topological polar surface area (TPSA) is 25.2 Å². The number of para-hydroxylation sites is 1. The molecular weight excluding hydrogens is 210 g/mol. The number of furan rings is 1. The maximum absolute atomic E-state index is 5.69. The summed E-state index contributed by atoms with van der Waals surface area (Å²) in [6.07, 6.45) is 7.74. The minimum absolute atomic E-state index is 0. The van der Waals surface area contributed by atoms with Crippen molar-refractivity contribution in [3.05, 3.63) is 47.2 Å². The zero-order chi connectivity index (χ0) is 9.38.